The summed E-state index contributed by atoms with van der Waals surface area (Å²) in [5.74, 6) is 0.397. The van der Waals surface area contributed by atoms with E-state index in [0.717, 1.165) is 0 Å². The largest absolute Gasteiger partial charge is 0.493 e. The second-order valence-corrected chi connectivity index (χ2v) is 5.72. The van der Waals surface area contributed by atoms with Gasteiger partial charge < -0.3 is 24.2 Å². The van der Waals surface area contributed by atoms with E-state index in [4.69, 9.17) is 19.3 Å². The molecule has 2 rings (SSSR count). The van der Waals surface area contributed by atoms with Crippen molar-refractivity contribution in [1.29, 1.82) is 0 Å². The number of rotatable bonds is 6. The minimum absolute atomic E-state index is 0.124. The van der Waals surface area contributed by atoms with Crippen LogP contribution in [-0.4, -0.2) is 56.3 Å². The average Bonchev–Trinajstić information content (AvgIpc) is 2.59. The van der Waals surface area contributed by atoms with E-state index in [1.165, 1.54) is 21.3 Å². The lowest BCUT2D eigenvalue weighted by Gasteiger charge is -2.32. The fourth-order valence-electron chi connectivity index (χ4n) is 3.03. The number of nitrogens with zero attached hydrogens (tertiary/aromatic N) is 1. The van der Waals surface area contributed by atoms with Gasteiger partial charge in [-0.3, -0.25) is 9.59 Å². The van der Waals surface area contributed by atoms with Crippen molar-refractivity contribution >= 4 is 11.9 Å². The number of carbonyl (C=O) groups excluding carboxylic acids is 1. The average molecular weight is 337 g/mol. The van der Waals surface area contributed by atoms with Gasteiger partial charge in [0.1, 0.15) is 0 Å². The Hall–Kier alpha value is -2.44. The Morgan fingerprint density at radius 1 is 1.08 bits per heavy atom. The van der Waals surface area contributed by atoms with Crippen molar-refractivity contribution in [3.63, 3.8) is 0 Å². The third kappa shape index (κ3) is 3.72. The predicted molar refractivity (Wildman–Crippen MR) is 87.0 cm³/mol. The summed E-state index contributed by atoms with van der Waals surface area (Å²) in [5, 5.41) is 8.87. The van der Waals surface area contributed by atoms with Crippen LogP contribution in [0.2, 0.25) is 0 Å². The van der Waals surface area contributed by atoms with Crippen LogP contribution in [0.1, 0.15) is 29.6 Å². The smallest absolute Gasteiger partial charge is 0.303 e. The molecule has 132 valence electrons. The highest BCUT2D eigenvalue weighted by Crippen LogP contribution is 2.40. The number of hydrogen-bond donors (Lipinski definition) is 1. The zero-order chi connectivity index (χ0) is 17.7. The molecule has 0 aliphatic carbocycles. The van der Waals surface area contributed by atoms with E-state index in [9.17, 15) is 9.59 Å². The van der Waals surface area contributed by atoms with Crippen molar-refractivity contribution in [3.8, 4) is 17.2 Å². The number of benzene rings is 1. The molecule has 1 aliphatic heterocycles. The number of piperidine rings is 1. The molecule has 1 amide bonds. The number of methoxy groups -OCH3 is 3. The molecular formula is C17H23NO6. The summed E-state index contributed by atoms with van der Waals surface area (Å²) in [5.41, 5.74) is 0.409. The highest BCUT2D eigenvalue weighted by atomic mass is 16.5. The molecule has 1 saturated heterocycles. The van der Waals surface area contributed by atoms with Crippen molar-refractivity contribution in [1.82, 2.24) is 4.90 Å². The standard InChI is InChI=1S/C17H23NO6/c1-22-13-5-4-12(15(23-2)16(13)24-3)17(21)18-8-6-11(7-9-18)10-14(19)20/h4-5,11H,6-10H2,1-3H3,(H,19,20). The molecule has 0 radical (unpaired) electrons. The second-order valence-electron chi connectivity index (χ2n) is 5.72. The van der Waals surface area contributed by atoms with Crippen LogP contribution in [0.5, 0.6) is 17.2 Å². The van der Waals surface area contributed by atoms with E-state index in [1.54, 1.807) is 17.0 Å². The fourth-order valence-corrected chi connectivity index (χ4v) is 3.03. The highest BCUT2D eigenvalue weighted by molar-refractivity contribution is 5.98. The van der Waals surface area contributed by atoms with Gasteiger partial charge in [-0.15, -0.1) is 0 Å². The number of hydrogen-bond acceptors (Lipinski definition) is 5. The third-order valence-corrected chi connectivity index (χ3v) is 4.30. The molecule has 1 aliphatic rings. The first-order chi connectivity index (χ1) is 11.5. The van der Waals surface area contributed by atoms with Crippen LogP contribution in [0.15, 0.2) is 12.1 Å². The molecule has 0 saturated carbocycles. The molecule has 0 bridgehead atoms. The van der Waals surface area contributed by atoms with Crippen LogP contribution in [0.3, 0.4) is 0 Å². The lowest BCUT2D eigenvalue weighted by molar-refractivity contribution is -0.138. The number of ether oxygens (including phenoxy) is 3. The molecule has 7 heteroatoms. The maximum atomic E-state index is 12.8. The van der Waals surface area contributed by atoms with Crippen molar-refractivity contribution < 1.29 is 28.9 Å². The minimum Gasteiger partial charge on any atom is -0.493 e. The summed E-state index contributed by atoms with van der Waals surface area (Å²) in [6, 6.07) is 3.33. The van der Waals surface area contributed by atoms with Gasteiger partial charge in [-0.2, -0.15) is 0 Å². The Morgan fingerprint density at radius 2 is 1.71 bits per heavy atom. The van der Waals surface area contributed by atoms with Crippen molar-refractivity contribution in [2.24, 2.45) is 5.92 Å². The Kier molecular flexibility index (Phi) is 5.89. The van der Waals surface area contributed by atoms with Crippen LogP contribution < -0.4 is 14.2 Å². The molecule has 0 atom stereocenters. The zero-order valence-electron chi connectivity index (χ0n) is 14.2. The third-order valence-electron chi connectivity index (χ3n) is 4.30. The van der Waals surface area contributed by atoms with Gasteiger partial charge in [0.25, 0.3) is 5.91 Å². The molecule has 7 nitrogen and oxygen atoms in total. The van der Waals surface area contributed by atoms with E-state index in [2.05, 4.69) is 0 Å². The van der Waals surface area contributed by atoms with E-state index >= 15 is 0 Å². The van der Waals surface area contributed by atoms with Gasteiger partial charge in [0, 0.05) is 19.5 Å². The molecule has 1 N–H and O–H groups in total. The zero-order valence-corrected chi connectivity index (χ0v) is 14.2. The fraction of sp³-hybridized carbons (Fsp3) is 0.529. The molecule has 1 aromatic rings. The molecule has 0 unspecified atom stereocenters. The van der Waals surface area contributed by atoms with Crippen LogP contribution in [0.25, 0.3) is 0 Å². The molecule has 24 heavy (non-hydrogen) atoms. The van der Waals surface area contributed by atoms with Gasteiger partial charge in [-0.1, -0.05) is 0 Å². The lowest BCUT2D eigenvalue weighted by atomic mass is 9.93. The molecule has 0 aromatic heterocycles. The number of amides is 1. The summed E-state index contributed by atoms with van der Waals surface area (Å²) in [4.78, 5) is 25.3. The van der Waals surface area contributed by atoms with Crippen molar-refractivity contribution in [3.05, 3.63) is 17.7 Å². The second kappa shape index (κ2) is 7.90. The van der Waals surface area contributed by atoms with Crippen LogP contribution in [0, 0.1) is 5.92 Å². The van der Waals surface area contributed by atoms with Gasteiger partial charge >= 0.3 is 5.97 Å². The molecular weight excluding hydrogens is 314 g/mol. The lowest BCUT2D eigenvalue weighted by Crippen LogP contribution is -2.39. The Labute approximate surface area is 141 Å². The van der Waals surface area contributed by atoms with Gasteiger partial charge in [-0.25, -0.2) is 0 Å². The molecule has 1 fully saturated rings. The number of aliphatic carboxylic acids is 1. The first-order valence-corrected chi connectivity index (χ1v) is 7.81. The Bertz CT molecular complexity index is 607. The van der Waals surface area contributed by atoms with E-state index < -0.39 is 5.97 Å². The minimum atomic E-state index is -0.790. The van der Waals surface area contributed by atoms with E-state index in [1.807, 2.05) is 0 Å². The first-order valence-electron chi connectivity index (χ1n) is 7.81. The molecule has 1 aromatic carbocycles. The van der Waals surface area contributed by atoms with Gasteiger partial charge in [0.15, 0.2) is 11.5 Å². The monoisotopic (exact) mass is 337 g/mol. The summed E-state index contributed by atoms with van der Waals surface area (Å²) >= 11 is 0. The van der Waals surface area contributed by atoms with Crippen molar-refractivity contribution in [2.75, 3.05) is 34.4 Å². The Morgan fingerprint density at radius 3 is 2.21 bits per heavy atom. The maximum absolute atomic E-state index is 12.8. The van der Waals surface area contributed by atoms with Crippen LogP contribution in [0.4, 0.5) is 0 Å². The van der Waals surface area contributed by atoms with Gasteiger partial charge in [-0.05, 0) is 30.9 Å². The highest BCUT2D eigenvalue weighted by Gasteiger charge is 2.28. The molecule has 1 heterocycles. The van der Waals surface area contributed by atoms with Crippen molar-refractivity contribution in [2.45, 2.75) is 19.3 Å². The Balaban J connectivity index is 2.17. The topological polar surface area (TPSA) is 85.3 Å². The SMILES string of the molecule is COc1ccc(C(=O)N2CCC(CC(=O)O)CC2)c(OC)c1OC. The summed E-state index contributed by atoms with van der Waals surface area (Å²) in [6.07, 6.45) is 1.53. The quantitative estimate of drug-likeness (QED) is 0.855. The van der Waals surface area contributed by atoms with Gasteiger partial charge in [0.05, 0.1) is 26.9 Å². The number of carboxylic acid groups (broad SMARTS) is 1. The number of likely N-dealkylation sites (tertiary alicyclic amines) is 1. The summed E-state index contributed by atoms with van der Waals surface area (Å²) in [6.45, 7) is 1.07. The van der Waals surface area contributed by atoms with Crippen LogP contribution in [-0.2, 0) is 4.79 Å². The first kappa shape index (κ1) is 17.9. The van der Waals surface area contributed by atoms with Gasteiger partial charge in [0.2, 0.25) is 5.75 Å². The van der Waals surface area contributed by atoms with Crippen LogP contribution >= 0.6 is 0 Å². The molecule has 0 spiro atoms. The predicted octanol–water partition coefficient (Wildman–Crippen LogP) is 2.04. The number of carboxylic acids is 1. The summed E-state index contributed by atoms with van der Waals surface area (Å²) < 4.78 is 15.9. The normalized spacial score (nSPS) is 15.0. The maximum Gasteiger partial charge on any atom is 0.303 e. The summed E-state index contributed by atoms with van der Waals surface area (Å²) in [7, 11) is 4.49. The number of carbonyl (C=O) groups is 2. The van der Waals surface area contributed by atoms with E-state index in [0.29, 0.717) is 48.7 Å². The van der Waals surface area contributed by atoms with E-state index in [-0.39, 0.29) is 18.2 Å².